The van der Waals surface area contributed by atoms with Crippen molar-refractivity contribution in [2.75, 3.05) is 13.1 Å². The molecule has 0 bridgehead atoms. The molecule has 3 heterocycles. The van der Waals surface area contributed by atoms with Crippen LogP contribution in [0.4, 0.5) is 17.6 Å². The van der Waals surface area contributed by atoms with Gasteiger partial charge in [0.05, 0.1) is 23.0 Å². The molecule has 0 radical (unpaired) electrons. The van der Waals surface area contributed by atoms with Gasteiger partial charge in [0.2, 0.25) is 0 Å². The Bertz CT molecular complexity index is 1800. The van der Waals surface area contributed by atoms with Crippen molar-refractivity contribution >= 4 is 16.8 Å². The average molecular weight is 557 g/mol. The first kappa shape index (κ1) is 25.4. The third-order valence-electron chi connectivity index (χ3n) is 8.63. The number of fused-ring (bicyclic) bond motifs is 2. The SMILES string of the molecule is Cc1cc2c(cnn2-c2ccc(F)cc2)cc1C12CN(C(=O)c3ncccc3C(F)(F)F)CC1C2c1ccccc1. The highest BCUT2D eigenvalue weighted by molar-refractivity contribution is 5.95. The Morgan fingerprint density at radius 2 is 1.76 bits per heavy atom. The molecule has 2 aromatic heterocycles. The molecule has 2 aliphatic rings. The lowest BCUT2D eigenvalue weighted by atomic mass is 9.86. The Hall–Kier alpha value is -4.53. The molecule has 1 aliphatic heterocycles. The molecular formula is C32H24F4N4O. The van der Waals surface area contributed by atoms with Gasteiger partial charge in [0.25, 0.3) is 5.91 Å². The number of nitrogens with zero attached hydrogens (tertiary/aromatic N) is 4. The second-order valence-corrected chi connectivity index (χ2v) is 10.9. The molecule has 2 fully saturated rings. The summed E-state index contributed by atoms with van der Waals surface area (Å²) in [6.07, 6.45) is -1.70. The molecule has 1 saturated heterocycles. The molecule has 5 aromatic rings. The van der Waals surface area contributed by atoms with E-state index in [1.54, 1.807) is 23.0 Å². The second kappa shape index (κ2) is 8.99. The molecule has 1 saturated carbocycles. The van der Waals surface area contributed by atoms with Crippen molar-refractivity contribution < 1.29 is 22.4 Å². The van der Waals surface area contributed by atoms with Crippen molar-refractivity contribution in [2.45, 2.75) is 24.4 Å². The summed E-state index contributed by atoms with van der Waals surface area (Å²) < 4.78 is 56.4. The van der Waals surface area contributed by atoms with Gasteiger partial charge in [-0.15, -0.1) is 0 Å². The van der Waals surface area contributed by atoms with E-state index in [2.05, 4.69) is 28.3 Å². The van der Waals surface area contributed by atoms with Crippen LogP contribution in [0.25, 0.3) is 16.6 Å². The van der Waals surface area contributed by atoms with Gasteiger partial charge in [-0.25, -0.2) is 9.07 Å². The summed E-state index contributed by atoms with van der Waals surface area (Å²) in [5.74, 6) is -0.890. The molecule has 7 rings (SSSR count). The van der Waals surface area contributed by atoms with Gasteiger partial charge in [-0.05, 0) is 78.1 Å². The lowest BCUT2D eigenvalue weighted by molar-refractivity contribution is -0.138. The minimum Gasteiger partial charge on any atom is -0.336 e. The van der Waals surface area contributed by atoms with Crippen LogP contribution in [0.15, 0.2) is 91.3 Å². The number of rotatable bonds is 4. The van der Waals surface area contributed by atoms with Crippen molar-refractivity contribution in [3.63, 3.8) is 0 Å². The molecule has 0 N–H and O–H groups in total. The summed E-state index contributed by atoms with van der Waals surface area (Å²) in [7, 11) is 0. The molecular weight excluding hydrogens is 532 g/mol. The van der Waals surface area contributed by atoms with Crippen LogP contribution in [0.1, 0.15) is 38.7 Å². The first-order valence-electron chi connectivity index (χ1n) is 13.3. The molecule has 206 valence electrons. The summed E-state index contributed by atoms with van der Waals surface area (Å²) in [5, 5.41) is 5.43. The number of benzene rings is 3. The average Bonchev–Trinajstić information content (AvgIpc) is 3.22. The van der Waals surface area contributed by atoms with E-state index >= 15 is 0 Å². The van der Waals surface area contributed by atoms with Crippen LogP contribution in [0, 0.1) is 18.7 Å². The number of halogens is 4. The lowest BCUT2D eigenvalue weighted by Gasteiger charge is -2.26. The second-order valence-electron chi connectivity index (χ2n) is 10.9. The van der Waals surface area contributed by atoms with Gasteiger partial charge in [-0.3, -0.25) is 9.78 Å². The number of hydrogen-bond acceptors (Lipinski definition) is 3. The van der Waals surface area contributed by atoms with Gasteiger partial charge in [-0.2, -0.15) is 18.3 Å². The molecule has 1 amide bonds. The smallest absolute Gasteiger partial charge is 0.336 e. The van der Waals surface area contributed by atoms with Gasteiger partial charge in [-0.1, -0.05) is 30.3 Å². The van der Waals surface area contributed by atoms with Crippen molar-refractivity contribution in [1.29, 1.82) is 0 Å². The first-order chi connectivity index (χ1) is 19.7. The van der Waals surface area contributed by atoms with Crippen LogP contribution in [-0.2, 0) is 11.6 Å². The van der Waals surface area contributed by atoms with Crippen LogP contribution in [0.5, 0.6) is 0 Å². The largest absolute Gasteiger partial charge is 0.418 e. The molecule has 3 aromatic carbocycles. The molecule has 1 aliphatic carbocycles. The fraction of sp³-hybridized carbons (Fsp3) is 0.219. The summed E-state index contributed by atoms with van der Waals surface area (Å²) in [4.78, 5) is 18.9. The van der Waals surface area contributed by atoms with Crippen molar-refractivity contribution in [1.82, 2.24) is 19.7 Å². The predicted octanol–water partition coefficient (Wildman–Crippen LogP) is 6.69. The Kier molecular flexibility index (Phi) is 5.58. The molecule has 0 spiro atoms. The van der Waals surface area contributed by atoms with E-state index in [1.165, 1.54) is 29.3 Å². The maximum absolute atomic E-state index is 13.7. The fourth-order valence-corrected chi connectivity index (χ4v) is 6.84. The monoisotopic (exact) mass is 556 g/mol. The Morgan fingerprint density at radius 1 is 1.00 bits per heavy atom. The van der Waals surface area contributed by atoms with E-state index in [0.29, 0.717) is 6.54 Å². The maximum Gasteiger partial charge on any atom is 0.418 e. The number of pyridine rings is 1. The van der Waals surface area contributed by atoms with Gasteiger partial charge in [0, 0.05) is 36.0 Å². The zero-order chi connectivity index (χ0) is 28.5. The van der Waals surface area contributed by atoms with E-state index in [4.69, 9.17) is 0 Å². The van der Waals surface area contributed by atoms with Gasteiger partial charge >= 0.3 is 6.18 Å². The maximum atomic E-state index is 13.7. The number of amides is 1. The number of hydrogen-bond donors (Lipinski definition) is 0. The van der Waals surface area contributed by atoms with Gasteiger partial charge in [0.15, 0.2) is 0 Å². The van der Waals surface area contributed by atoms with Crippen LogP contribution in [-0.4, -0.2) is 38.7 Å². The summed E-state index contributed by atoms with van der Waals surface area (Å²) >= 11 is 0. The fourth-order valence-electron chi connectivity index (χ4n) is 6.84. The highest BCUT2D eigenvalue weighted by Crippen LogP contribution is 2.70. The first-order valence-corrected chi connectivity index (χ1v) is 13.3. The standard InChI is InChI=1S/C32H24F4N4O/c1-19-14-27-21(16-38-40(27)23-11-9-22(33)10-12-23)15-25(19)31-18-39(17-26(31)28(31)20-6-3-2-4-7-20)30(41)29-24(32(34,35)36)8-5-13-37-29/h2-16,26,28H,17-18H2,1H3. The van der Waals surface area contributed by atoms with Crippen LogP contribution in [0.2, 0.25) is 0 Å². The molecule has 5 nitrogen and oxygen atoms in total. The Labute approximate surface area is 233 Å². The van der Waals surface area contributed by atoms with Crippen molar-refractivity contribution in [2.24, 2.45) is 5.92 Å². The van der Waals surface area contributed by atoms with Crippen LogP contribution < -0.4 is 0 Å². The summed E-state index contributed by atoms with van der Waals surface area (Å²) in [6.45, 7) is 2.62. The topological polar surface area (TPSA) is 51.0 Å². The third kappa shape index (κ3) is 3.94. The minimum absolute atomic E-state index is 0.0372. The van der Waals surface area contributed by atoms with Crippen LogP contribution >= 0.6 is 0 Å². The third-order valence-corrected chi connectivity index (χ3v) is 8.63. The van der Waals surface area contributed by atoms with E-state index in [9.17, 15) is 22.4 Å². The summed E-state index contributed by atoms with van der Waals surface area (Å²) in [5.41, 5.74) is 2.72. The number of piperidine rings is 1. The quantitative estimate of drug-likeness (QED) is 0.232. The van der Waals surface area contributed by atoms with Crippen molar-refractivity contribution in [3.8, 4) is 5.69 Å². The van der Waals surface area contributed by atoms with E-state index in [0.717, 1.165) is 39.3 Å². The highest BCUT2D eigenvalue weighted by atomic mass is 19.4. The molecule has 9 heteroatoms. The molecule has 41 heavy (non-hydrogen) atoms. The van der Waals surface area contributed by atoms with Crippen LogP contribution in [0.3, 0.4) is 0 Å². The highest BCUT2D eigenvalue weighted by Gasteiger charge is 2.71. The Balaban J connectivity index is 1.30. The normalized spacial score (nSPS) is 21.7. The molecule has 3 atom stereocenters. The lowest BCUT2D eigenvalue weighted by Crippen LogP contribution is -2.36. The number of aromatic nitrogens is 3. The number of likely N-dealkylation sites (tertiary alicyclic amines) is 1. The van der Waals surface area contributed by atoms with Crippen molar-refractivity contribution in [3.05, 3.63) is 125 Å². The van der Waals surface area contributed by atoms with E-state index < -0.39 is 28.8 Å². The number of carbonyl (C=O) groups excluding carboxylic acids is 1. The minimum atomic E-state index is -4.68. The number of aryl methyl sites for hydroxylation is 1. The van der Waals surface area contributed by atoms with Gasteiger partial charge < -0.3 is 4.90 Å². The Morgan fingerprint density at radius 3 is 2.49 bits per heavy atom. The zero-order valence-corrected chi connectivity index (χ0v) is 21.9. The van der Waals surface area contributed by atoms with Gasteiger partial charge in [0.1, 0.15) is 11.5 Å². The summed E-state index contributed by atoms with van der Waals surface area (Å²) in [6, 6.07) is 22.4. The molecule has 3 unspecified atom stereocenters. The number of carbonyl (C=O) groups is 1. The zero-order valence-electron chi connectivity index (χ0n) is 21.9. The van der Waals surface area contributed by atoms with E-state index in [1.807, 2.05) is 31.2 Å². The number of alkyl halides is 3. The van der Waals surface area contributed by atoms with E-state index in [-0.39, 0.29) is 24.2 Å². The predicted molar refractivity (Wildman–Crippen MR) is 145 cm³/mol.